The van der Waals surface area contributed by atoms with Gasteiger partial charge in [0, 0.05) is 51.8 Å². The molecular formula is C29H42IN5O3. The van der Waals surface area contributed by atoms with Gasteiger partial charge in [-0.15, -0.1) is 0 Å². The summed E-state index contributed by atoms with van der Waals surface area (Å²) in [5, 5.41) is 5.22. The monoisotopic (exact) mass is 635 g/mol. The predicted molar refractivity (Wildman–Crippen MR) is 158 cm³/mol. The standard InChI is InChI=1S/C29H42IN5O3/c1-21-24(30)25(31-35(21)23-14-29(15-23)18-33(19-29)26(36)38-27(2,3)4)34-13-12-32(17-28(34,5)20-37-6)16-22-10-8-7-9-11-22/h7-11,23H,12-20H2,1-6H3/t28-/m0/s1. The molecule has 0 radical (unpaired) electrons. The highest BCUT2D eigenvalue weighted by atomic mass is 127. The fraction of sp³-hybridized carbons (Fsp3) is 0.655. The lowest BCUT2D eigenvalue weighted by atomic mass is 9.61. The smallest absolute Gasteiger partial charge is 0.410 e. The number of anilines is 1. The summed E-state index contributed by atoms with van der Waals surface area (Å²) in [4.78, 5) is 19.3. The van der Waals surface area contributed by atoms with Crippen molar-refractivity contribution < 1.29 is 14.3 Å². The van der Waals surface area contributed by atoms with Crippen LogP contribution in [0.4, 0.5) is 10.6 Å². The Hall–Kier alpha value is -1.85. The number of rotatable bonds is 6. The Kier molecular flexibility index (Phi) is 7.49. The minimum atomic E-state index is -0.453. The zero-order valence-corrected chi connectivity index (χ0v) is 25.8. The Morgan fingerprint density at radius 1 is 1.13 bits per heavy atom. The van der Waals surface area contributed by atoms with E-state index in [1.54, 1.807) is 7.11 Å². The van der Waals surface area contributed by atoms with Gasteiger partial charge in [0.2, 0.25) is 0 Å². The molecule has 0 N–H and O–H groups in total. The Balaban J connectivity index is 1.25. The zero-order valence-electron chi connectivity index (χ0n) is 23.7. The SMILES string of the molecule is COC[C@]1(C)CN(Cc2ccccc2)CCN1c1nn(C2CC3(C2)CN(C(=O)OC(C)(C)C)C3)c(C)c1I. The summed E-state index contributed by atoms with van der Waals surface area (Å²) in [7, 11) is 1.79. The largest absolute Gasteiger partial charge is 0.444 e. The van der Waals surface area contributed by atoms with Crippen LogP contribution in [0.25, 0.3) is 0 Å². The number of likely N-dealkylation sites (tertiary alicyclic amines) is 1. The first kappa shape index (κ1) is 27.7. The summed E-state index contributed by atoms with van der Waals surface area (Å²) >= 11 is 2.48. The number of ether oxygens (including phenoxy) is 2. The van der Waals surface area contributed by atoms with Crippen LogP contribution < -0.4 is 4.90 Å². The normalized spacial score (nSPS) is 23.9. The fourth-order valence-electron chi connectivity index (χ4n) is 6.53. The summed E-state index contributed by atoms with van der Waals surface area (Å²) < 4.78 is 14.8. The number of carbonyl (C=O) groups excluding carboxylic acids is 1. The summed E-state index contributed by atoms with van der Waals surface area (Å²) in [6, 6.07) is 11.1. The molecule has 3 fully saturated rings. The lowest BCUT2D eigenvalue weighted by molar-refractivity contribution is -0.0931. The zero-order chi connectivity index (χ0) is 27.3. The van der Waals surface area contributed by atoms with Gasteiger partial charge in [0.1, 0.15) is 5.60 Å². The maximum Gasteiger partial charge on any atom is 0.410 e. The molecule has 1 amide bonds. The molecule has 3 heterocycles. The summed E-state index contributed by atoms with van der Waals surface area (Å²) in [6.07, 6.45) is 1.93. The first-order valence-corrected chi connectivity index (χ1v) is 14.8. The van der Waals surface area contributed by atoms with Gasteiger partial charge in [0.15, 0.2) is 5.82 Å². The molecule has 2 aromatic rings. The van der Waals surface area contributed by atoms with E-state index in [1.165, 1.54) is 14.8 Å². The van der Waals surface area contributed by atoms with E-state index >= 15 is 0 Å². The molecule has 208 valence electrons. The Morgan fingerprint density at radius 2 is 1.82 bits per heavy atom. The number of aromatic nitrogens is 2. The summed E-state index contributed by atoms with van der Waals surface area (Å²) in [6.45, 7) is 16.2. The van der Waals surface area contributed by atoms with Crippen LogP contribution in [0.5, 0.6) is 0 Å². The number of carbonyl (C=O) groups is 1. The van der Waals surface area contributed by atoms with Crippen molar-refractivity contribution >= 4 is 34.5 Å². The molecule has 8 nitrogen and oxygen atoms in total. The number of hydrogen-bond acceptors (Lipinski definition) is 6. The highest BCUT2D eigenvalue weighted by molar-refractivity contribution is 14.1. The first-order chi connectivity index (χ1) is 17.9. The molecule has 2 saturated heterocycles. The van der Waals surface area contributed by atoms with E-state index in [4.69, 9.17) is 14.6 Å². The second kappa shape index (κ2) is 10.3. The van der Waals surface area contributed by atoms with E-state index in [1.807, 2.05) is 25.7 Å². The van der Waals surface area contributed by atoms with Crippen molar-refractivity contribution in [1.82, 2.24) is 19.6 Å². The van der Waals surface area contributed by atoms with Crippen molar-refractivity contribution in [2.45, 2.75) is 71.2 Å². The average molecular weight is 636 g/mol. The Labute approximate surface area is 240 Å². The number of amides is 1. The van der Waals surface area contributed by atoms with Crippen LogP contribution >= 0.6 is 22.6 Å². The molecule has 1 saturated carbocycles. The van der Waals surface area contributed by atoms with Crippen molar-refractivity contribution in [2.75, 3.05) is 51.3 Å². The molecule has 1 aromatic heterocycles. The van der Waals surface area contributed by atoms with Crippen LogP contribution in [-0.4, -0.2) is 83.3 Å². The van der Waals surface area contributed by atoms with Crippen LogP contribution in [0.2, 0.25) is 0 Å². The maximum absolute atomic E-state index is 12.4. The van der Waals surface area contributed by atoms with Gasteiger partial charge >= 0.3 is 6.09 Å². The second-order valence-corrected chi connectivity index (χ2v) is 13.9. The third-order valence-corrected chi connectivity index (χ3v) is 9.53. The molecule has 1 spiro atoms. The number of methoxy groups -OCH3 is 1. The van der Waals surface area contributed by atoms with E-state index in [2.05, 4.69) is 81.3 Å². The van der Waals surface area contributed by atoms with Gasteiger partial charge in [-0.1, -0.05) is 30.3 Å². The first-order valence-electron chi connectivity index (χ1n) is 13.7. The molecule has 1 atom stereocenters. The van der Waals surface area contributed by atoms with Crippen LogP contribution in [0, 0.1) is 15.9 Å². The van der Waals surface area contributed by atoms with Crippen LogP contribution in [0.3, 0.4) is 0 Å². The van der Waals surface area contributed by atoms with Gasteiger partial charge in [-0.2, -0.15) is 5.10 Å². The van der Waals surface area contributed by atoms with Crippen molar-refractivity contribution in [1.29, 1.82) is 0 Å². The minimum absolute atomic E-state index is 0.171. The van der Waals surface area contributed by atoms with Gasteiger partial charge in [0.25, 0.3) is 0 Å². The van der Waals surface area contributed by atoms with Crippen LogP contribution in [0.1, 0.15) is 57.8 Å². The number of hydrogen-bond donors (Lipinski definition) is 0. The van der Waals surface area contributed by atoms with E-state index in [0.29, 0.717) is 12.6 Å². The number of benzene rings is 1. The second-order valence-electron chi connectivity index (χ2n) is 12.8. The molecule has 2 aliphatic heterocycles. The molecular weight excluding hydrogens is 593 g/mol. The van der Waals surface area contributed by atoms with Gasteiger partial charge in [-0.25, -0.2) is 4.79 Å². The molecule has 9 heteroatoms. The van der Waals surface area contributed by atoms with E-state index < -0.39 is 5.60 Å². The molecule has 38 heavy (non-hydrogen) atoms. The summed E-state index contributed by atoms with van der Waals surface area (Å²) in [5.41, 5.74) is 2.17. The average Bonchev–Trinajstić information content (AvgIpc) is 3.06. The minimum Gasteiger partial charge on any atom is -0.444 e. The molecule has 5 rings (SSSR count). The molecule has 0 bridgehead atoms. The Morgan fingerprint density at radius 3 is 2.45 bits per heavy atom. The number of halogens is 1. The lowest BCUT2D eigenvalue weighted by Gasteiger charge is -2.58. The fourth-order valence-corrected chi connectivity index (χ4v) is 7.18. The quantitative estimate of drug-likeness (QED) is 0.412. The third kappa shape index (κ3) is 5.43. The third-order valence-electron chi connectivity index (χ3n) is 8.26. The van der Waals surface area contributed by atoms with Gasteiger partial charge in [0.05, 0.1) is 27.5 Å². The highest BCUT2D eigenvalue weighted by Gasteiger charge is 2.55. The van der Waals surface area contributed by atoms with Crippen molar-refractivity contribution in [3.05, 3.63) is 45.2 Å². The van der Waals surface area contributed by atoms with E-state index in [0.717, 1.165) is 57.9 Å². The van der Waals surface area contributed by atoms with Gasteiger partial charge < -0.3 is 19.3 Å². The number of piperazine rings is 1. The number of nitrogens with zero attached hydrogens (tertiary/aromatic N) is 5. The Bertz CT molecular complexity index is 1150. The van der Waals surface area contributed by atoms with Crippen LogP contribution in [0.15, 0.2) is 30.3 Å². The lowest BCUT2D eigenvalue weighted by Crippen LogP contribution is -2.64. The van der Waals surface area contributed by atoms with Crippen LogP contribution in [-0.2, 0) is 16.0 Å². The predicted octanol–water partition coefficient (Wildman–Crippen LogP) is 5.10. The van der Waals surface area contributed by atoms with Gasteiger partial charge in [-0.3, -0.25) is 9.58 Å². The molecule has 0 unspecified atom stereocenters. The van der Waals surface area contributed by atoms with E-state index in [9.17, 15) is 4.79 Å². The maximum atomic E-state index is 12.4. The van der Waals surface area contributed by atoms with Crippen molar-refractivity contribution in [3.63, 3.8) is 0 Å². The highest BCUT2D eigenvalue weighted by Crippen LogP contribution is 2.55. The van der Waals surface area contributed by atoms with E-state index in [-0.39, 0.29) is 17.0 Å². The molecule has 1 aromatic carbocycles. The molecule has 1 aliphatic carbocycles. The summed E-state index contributed by atoms with van der Waals surface area (Å²) in [5.74, 6) is 1.08. The molecule has 3 aliphatic rings. The topological polar surface area (TPSA) is 63.1 Å². The van der Waals surface area contributed by atoms with Gasteiger partial charge in [-0.05, 0) is 75.6 Å². The van der Waals surface area contributed by atoms with Crippen molar-refractivity contribution in [2.24, 2.45) is 5.41 Å². The van der Waals surface area contributed by atoms with Crippen molar-refractivity contribution in [3.8, 4) is 0 Å².